The predicted molar refractivity (Wildman–Crippen MR) is 114 cm³/mol. The lowest BCUT2D eigenvalue weighted by Gasteiger charge is -2.14. The molecule has 0 amide bonds. The molecule has 1 aromatic carbocycles. The lowest BCUT2D eigenvalue weighted by molar-refractivity contribution is 0.324. The van der Waals surface area contributed by atoms with Gasteiger partial charge in [-0.05, 0) is 24.6 Å². The van der Waals surface area contributed by atoms with E-state index < -0.39 is 0 Å². The summed E-state index contributed by atoms with van der Waals surface area (Å²) in [5, 5.41) is 14.4. The lowest BCUT2D eigenvalue weighted by atomic mass is 10.2. The van der Waals surface area contributed by atoms with Crippen LogP contribution in [0.5, 0.6) is 17.2 Å². The standard InChI is InChI=1S/C17H26N6O3.HI/c1-6-18-17(20-10-15-22-21-11-23(15)2)19-9-12-7-13(24-3)16(26-5)14(8-12)25-4;/h7-8,11H,6,9-10H2,1-5H3,(H2,18,19,20);1H. The van der Waals surface area contributed by atoms with Crippen molar-refractivity contribution in [1.82, 2.24) is 25.4 Å². The maximum atomic E-state index is 5.38. The highest BCUT2D eigenvalue weighted by atomic mass is 127. The molecule has 0 aliphatic heterocycles. The Labute approximate surface area is 176 Å². The molecule has 0 fully saturated rings. The van der Waals surface area contributed by atoms with Crippen LogP contribution in [0.4, 0.5) is 0 Å². The van der Waals surface area contributed by atoms with Crippen molar-refractivity contribution in [3.63, 3.8) is 0 Å². The average Bonchev–Trinajstić information content (AvgIpc) is 3.07. The molecule has 9 nitrogen and oxygen atoms in total. The van der Waals surface area contributed by atoms with Crippen molar-refractivity contribution >= 4 is 29.9 Å². The molecule has 0 aliphatic carbocycles. The monoisotopic (exact) mass is 490 g/mol. The minimum absolute atomic E-state index is 0. The van der Waals surface area contributed by atoms with E-state index in [1.807, 2.05) is 30.7 Å². The second-order valence-corrected chi connectivity index (χ2v) is 5.44. The van der Waals surface area contributed by atoms with Crippen molar-refractivity contribution in [2.45, 2.75) is 20.0 Å². The van der Waals surface area contributed by atoms with E-state index in [-0.39, 0.29) is 24.0 Å². The van der Waals surface area contributed by atoms with Crippen LogP contribution in [-0.2, 0) is 20.1 Å². The number of hydrogen-bond donors (Lipinski definition) is 2. The molecule has 0 bridgehead atoms. The zero-order valence-corrected chi connectivity index (χ0v) is 18.6. The largest absolute Gasteiger partial charge is 0.493 e. The molecule has 0 unspecified atom stereocenters. The van der Waals surface area contributed by atoms with E-state index in [0.29, 0.717) is 36.3 Å². The number of aliphatic imine (C=N–C) groups is 1. The number of rotatable bonds is 8. The molecule has 1 heterocycles. The molecule has 150 valence electrons. The second kappa shape index (κ2) is 11.5. The van der Waals surface area contributed by atoms with Crippen LogP contribution in [0.1, 0.15) is 18.3 Å². The van der Waals surface area contributed by atoms with Gasteiger partial charge in [0.15, 0.2) is 23.3 Å². The molecule has 2 aromatic rings. The SMILES string of the molecule is CCNC(=NCc1cc(OC)c(OC)c(OC)c1)NCc1nncn1C.I. The van der Waals surface area contributed by atoms with Gasteiger partial charge < -0.3 is 29.4 Å². The fourth-order valence-electron chi connectivity index (χ4n) is 2.37. The van der Waals surface area contributed by atoms with E-state index in [4.69, 9.17) is 14.2 Å². The van der Waals surface area contributed by atoms with Gasteiger partial charge in [-0.1, -0.05) is 0 Å². The summed E-state index contributed by atoms with van der Waals surface area (Å²) >= 11 is 0. The van der Waals surface area contributed by atoms with Crippen molar-refractivity contribution in [2.75, 3.05) is 27.9 Å². The summed E-state index contributed by atoms with van der Waals surface area (Å²) < 4.78 is 18.0. The first-order valence-corrected chi connectivity index (χ1v) is 8.26. The quantitative estimate of drug-likeness (QED) is 0.331. The van der Waals surface area contributed by atoms with Gasteiger partial charge in [0.1, 0.15) is 6.33 Å². The molecule has 10 heteroatoms. The number of aromatic nitrogens is 3. The number of guanidine groups is 1. The number of hydrogen-bond acceptors (Lipinski definition) is 6. The Hall–Kier alpha value is -2.24. The first-order chi connectivity index (χ1) is 12.6. The van der Waals surface area contributed by atoms with Crippen LogP contribution in [0.25, 0.3) is 0 Å². The number of nitrogens with zero attached hydrogens (tertiary/aromatic N) is 4. The van der Waals surface area contributed by atoms with Crippen LogP contribution < -0.4 is 24.8 Å². The van der Waals surface area contributed by atoms with Gasteiger partial charge in [-0.25, -0.2) is 4.99 Å². The summed E-state index contributed by atoms with van der Waals surface area (Å²) in [5.74, 6) is 3.28. The molecule has 0 spiro atoms. The number of methoxy groups -OCH3 is 3. The average molecular weight is 490 g/mol. The smallest absolute Gasteiger partial charge is 0.203 e. The first-order valence-electron chi connectivity index (χ1n) is 8.26. The Morgan fingerprint density at radius 3 is 2.26 bits per heavy atom. The zero-order chi connectivity index (χ0) is 18.9. The van der Waals surface area contributed by atoms with Gasteiger partial charge in [0.25, 0.3) is 0 Å². The van der Waals surface area contributed by atoms with Gasteiger partial charge in [-0.3, -0.25) is 0 Å². The number of halogens is 1. The maximum Gasteiger partial charge on any atom is 0.203 e. The van der Waals surface area contributed by atoms with Gasteiger partial charge in [0.05, 0.1) is 34.4 Å². The zero-order valence-electron chi connectivity index (χ0n) is 16.3. The van der Waals surface area contributed by atoms with Gasteiger partial charge in [-0.15, -0.1) is 34.2 Å². The van der Waals surface area contributed by atoms with Crippen LogP contribution >= 0.6 is 24.0 Å². The van der Waals surface area contributed by atoms with Gasteiger partial charge in [-0.2, -0.15) is 0 Å². The van der Waals surface area contributed by atoms with Crippen LogP contribution in [0.15, 0.2) is 23.5 Å². The summed E-state index contributed by atoms with van der Waals surface area (Å²) in [4.78, 5) is 4.60. The third-order valence-electron chi connectivity index (χ3n) is 3.71. The van der Waals surface area contributed by atoms with Crippen LogP contribution in [0.3, 0.4) is 0 Å². The van der Waals surface area contributed by atoms with Gasteiger partial charge in [0.2, 0.25) is 5.75 Å². The molecule has 0 atom stereocenters. The molecule has 0 saturated carbocycles. The van der Waals surface area contributed by atoms with E-state index in [1.165, 1.54) is 0 Å². The van der Waals surface area contributed by atoms with Gasteiger partial charge >= 0.3 is 0 Å². The Bertz CT molecular complexity index is 725. The Kier molecular flexibility index (Phi) is 9.68. The fourth-order valence-corrected chi connectivity index (χ4v) is 2.37. The van der Waals surface area contributed by atoms with E-state index in [0.717, 1.165) is 17.9 Å². The highest BCUT2D eigenvalue weighted by Crippen LogP contribution is 2.38. The second-order valence-electron chi connectivity index (χ2n) is 5.44. The van der Waals surface area contributed by atoms with Gasteiger partial charge in [0, 0.05) is 13.6 Å². The van der Waals surface area contributed by atoms with E-state index in [9.17, 15) is 0 Å². The Morgan fingerprint density at radius 2 is 1.78 bits per heavy atom. The highest BCUT2D eigenvalue weighted by Gasteiger charge is 2.13. The topological polar surface area (TPSA) is 94.8 Å². The number of aryl methyl sites for hydroxylation is 1. The minimum Gasteiger partial charge on any atom is -0.493 e. The molecule has 27 heavy (non-hydrogen) atoms. The normalized spacial score (nSPS) is 10.8. The van der Waals surface area contributed by atoms with Crippen molar-refractivity contribution in [3.05, 3.63) is 29.8 Å². The molecular weight excluding hydrogens is 463 g/mol. The summed E-state index contributed by atoms with van der Waals surface area (Å²) in [5.41, 5.74) is 0.940. The molecule has 0 radical (unpaired) electrons. The lowest BCUT2D eigenvalue weighted by Crippen LogP contribution is -2.37. The molecule has 2 N–H and O–H groups in total. The molecule has 0 saturated heterocycles. The Morgan fingerprint density at radius 1 is 1.11 bits per heavy atom. The molecule has 2 rings (SSSR count). The van der Waals surface area contributed by atoms with Crippen LogP contribution in [0.2, 0.25) is 0 Å². The summed E-state index contributed by atoms with van der Waals surface area (Å²) in [6.45, 7) is 3.74. The van der Waals surface area contributed by atoms with Crippen LogP contribution in [-0.4, -0.2) is 48.6 Å². The van der Waals surface area contributed by atoms with E-state index in [1.54, 1.807) is 27.7 Å². The first kappa shape index (κ1) is 22.8. The van der Waals surface area contributed by atoms with E-state index in [2.05, 4.69) is 25.8 Å². The summed E-state index contributed by atoms with van der Waals surface area (Å²) in [6, 6.07) is 3.77. The Balaban J connectivity index is 0.00000364. The summed E-state index contributed by atoms with van der Waals surface area (Å²) in [6.07, 6.45) is 1.66. The van der Waals surface area contributed by atoms with E-state index >= 15 is 0 Å². The fraction of sp³-hybridized carbons (Fsp3) is 0.471. The number of benzene rings is 1. The third kappa shape index (κ3) is 6.15. The molecular formula is C17H27IN6O3. The number of nitrogens with one attached hydrogen (secondary N) is 2. The van der Waals surface area contributed by atoms with Crippen LogP contribution in [0, 0.1) is 0 Å². The summed E-state index contributed by atoms with van der Waals surface area (Å²) in [7, 11) is 6.67. The molecule has 0 aliphatic rings. The minimum atomic E-state index is 0. The van der Waals surface area contributed by atoms with Crippen molar-refractivity contribution in [2.24, 2.45) is 12.0 Å². The maximum absolute atomic E-state index is 5.38. The van der Waals surface area contributed by atoms with Crippen molar-refractivity contribution in [1.29, 1.82) is 0 Å². The number of ether oxygens (including phenoxy) is 3. The third-order valence-corrected chi connectivity index (χ3v) is 3.71. The highest BCUT2D eigenvalue weighted by molar-refractivity contribution is 14.0. The predicted octanol–water partition coefficient (Wildman–Crippen LogP) is 1.71. The van der Waals surface area contributed by atoms with Crippen molar-refractivity contribution in [3.8, 4) is 17.2 Å². The van der Waals surface area contributed by atoms with Crippen molar-refractivity contribution < 1.29 is 14.2 Å². The molecule has 1 aromatic heterocycles.